The highest BCUT2D eigenvalue weighted by atomic mass is 16.4. The summed E-state index contributed by atoms with van der Waals surface area (Å²) < 4.78 is 5.68. The van der Waals surface area contributed by atoms with Crippen molar-refractivity contribution in [1.82, 2.24) is 15.5 Å². The van der Waals surface area contributed by atoms with Crippen LogP contribution >= 0.6 is 0 Å². The highest BCUT2D eigenvalue weighted by Crippen LogP contribution is 2.39. The van der Waals surface area contributed by atoms with Crippen LogP contribution in [0.2, 0.25) is 0 Å². The average molecular weight is 193 g/mol. The first kappa shape index (κ1) is 8.41. The van der Waals surface area contributed by atoms with E-state index in [4.69, 9.17) is 4.42 Å². The quantitative estimate of drug-likeness (QED) is 0.771. The summed E-state index contributed by atoms with van der Waals surface area (Å²) in [5.41, 5.74) is 0. The Kier molecular flexibility index (Phi) is 2.01. The second kappa shape index (κ2) is 3.35. The third-order valence-electron chi connectivity index (χ3n) is 3.03. The van der Waals surface area contributed by atoms with E-state index in [-0.39, 0.29) is 0 Å². The van der Waals surface area contributed by atoms with Crippen LogP contribution in [0.25, 0.3) is 0 Å². The van der Waals surface area contributed by atoms with Gasteiger partial charge in [-0.25, -0.2) is 0 Å². The number of hydrogen-bond donors (Lipinski definition) is 1. The van der Waals surface area contributed by atoms with Crippen LogP contribution in [0.3, 0.4) is 0 Å². The molecule has 1 atom stereocenters. The lowest BCUT2D eigenvalue weighted by Gasteiger charge is -2.18. The van der Waals surface area contributed by atoms with E-state index in [1.54, 1.807) is 0 Å². The van der Waals surface area contributed by atoms with E-state index in [0.29, 0.717) is 11.8 Å². The predicted octanol–water partition coefficient (Wildman–Crippen LogP) is 1.41. The summed E-state index contributed by atoms with van der Waals surface area (Å²) in [5.74, 6) is 2.74. The fourth-order valence-electron chi connectivity index (χ4n) is 1.97. The zero-order chi connectivity index (χ0) is 9.38. The molecule has 2 heterocycles. The predicted molar refractivity (Wildman–Crippen MR) is 51.1 cm³/mol. The maximum atomic E-state index is 5.68. The topological polar surface area (TPSA) is 51.0 Å². The van der Waals surface area contributed by atoms with Gasteiger partial charge < -0.3 is 9.73 Å². The molecule has 3 rings (SSSR count). The lowest BCUT2D eigenvalue weighted by molar-refractivity contribution is 0.363. The molecule has 1 saturated heterocycles. The third-order valence-corrected chi connectivity index (χ3v) is 3.03. The Labute approximate surface area is 83.1 Å². The number of nitrogens with zero attached hydrogens (tertiary/aromatic N) is 2. The van der Waals surface area contributed by atoms with Crippen molar-refractivity contribution >= 4 is 0 Å². The number of piperidine rings is 1. The van der Waals surface area contributed by atoms with Crippen LogP contribution in [0, 0.1) is 0 Å². The minimum Gasteiger partial charge on any atom is -0.425 e. The SMILES string of the molecule is C1CNC[C@H](c2nnc(C3CC3)o2)C1. The van der Waals surface area contributed by atoms with Gasteiger partial charge in [0.2, 0.25) is 11.8 Å². The molecule has 2 fully saturated rings. The standard InChI is InChI=1S/C10H15N3O/c1-2-8(6-11-5-1)10-13-12-9(14-10)7-3-4-7/h7-8,11H,1-6H2/t8-/m1/s1. The molecule has 1 aromatic rings. The Morgan fingerprint density at radius 1 is 1.07 bits per heavy atom. The molecule has 4 nitrogen and oxygen atoms in total. The second-order valence-electron chi connectivity index (χ2n) is 4.30. The monoisotopic (exact) mass is 193 g/mol. The van der Waals surface area contributed by atoms with Gasteiger partial charge in [0.1, 0.15) is 0 Å². The normalized spacial score (nSPS) is 27.9. The Hall–Kier alpha value is -0.900. The van der Waals surface area contributed by atoms with Crippen molar-refractivity contribution in [2.45, 2.75) is 37.5 Å². The van der Waals surface area contributed by atoms with E-state index in [1.165, 1.54) is 25.7 Å². The Bertz CT molecular complexity index is 313. The fourth-order valence-corrected chi connectivity index (χ4v) is 1.97. The molecule has 1 aliphatic heterocycles. The van der Waals surface area contributed by atoms with Crippen molar-refractivity contribution in [3.8, 4) is 0 Å². The summed E-state index contributed by atoms with van der Waals surface area (Å²) >= 11 is 0. The second-order valence-corrected chi connectivity index (χ2v) is 4.30. The van der Waals surface area contributed by atoms with Crippen molar-refractivity contribution < 1.29 is 4.42 Å². The van der Waals surface area contributed by atoms with Gasteiger partial charge >= 0.3 is 0 Å². The summed E-state index contributed by atoms with van der Waals surface area (Å²) in [6, 6.07) is 0. The van der Waals surface area contributed by atoms with Gasteiger partial charge in [0.25, 0.3) is 0 Å². The fraction of sp³-hybridized carbons (Fsp3) is 0.800. The number of nitrogens with one attached hydrogen (secondary N) is 1. The molecular weight excluding hydrogens is 178 g/mol. The summed E-state index contributed by atoms with van der Waals surface area (Å²) in [6.45, 7) is 2.12. The molecule has 0 unspecified atom stereocenters. The molecule has 0 radical (unpaired) electrons. The first-order valence-electron chi connectivity index (χ1n) is 5.47. The minimum absolute atomic E-state index is 0.448. The Morgan fingerprint density at radius 3 is 2.50 bits per heavy atom. The van der Waals surface area contributed by atoms with Crippen molar-refractivity contribution in [3.05, 3.63) is 11.8 Å². The average Bonchev–Trinajstić information content (AvgIpc) is 2.98. The van der Waals surface area contributed by atoms with Gasteiger partial charge in [0.05, 0.1) is 0 Å². The van der Waals surface area contributed by atoms with Gasteiger partial charge in [-0.3, -0.25) is 0 Å². The van der Waals surface area contributed by atoms with Crippen LogP contribution in [0.5, 0.6) is 0 Å². The largest absolute Gasteiger partial charge is 0.425 e. The molecule has 0 amide bonds. The van der Waals surface area contributed by atoms with Crippen LogP contribution in [-0.2, 0) is 0 Å². The van der Waals surface area contributed by atoms with Gasteiger partial charge in [0.15, 0.2) is 0 Å². The van der Waals surface area contributed by atoms with Gasteiger partial charge in [0, 0.05) is 18.4 Å². The van der Waals surface area contributed by atoms with E-state index >= 15 is 0 Å². The summed E-state index contributed by atoms with van der Waals surface area (Å²) in [5, 5.41) is 11.6. The molecule has 0 aromatic carbocycles. The Morgan fingerprint density at radius 2 is 1.86 bits per heavy atom. The van der Waals surface area contributed by atoms with Crippen LogP contribution in [-0.4, -0.2) is 23.3 Å². The maximum Gasteiger partial charge on any atom is 0.220 e. The molecule has 1 aromatic heterocycles. The van der Waals surface area contributed by atoms with Gasteiger partial charge in [-0.15, -0.1) is 10.2 Å². The van der Waals surface area contributed by atoms with Crippen molar-refractivity contribution in [2.75, 3.05) is 13.1 Å². The maximum absolute atomic E-state index is 5.68. The summed E-state index contributed by atoms with van der Waals surface area (Å²) in [7, 11) is 0. The van der Waals surface area contributed by atoms with Crippen molar-refractivity contribution in [2.24, 2.45) is 0 Å². The first-order valence-corrected chi connectivity index (χ1v) is 5.47. The van der Waals surface area contributed by atoms with Crippen LogP contribution in [0.15, 0.2) is 4.42 Å². The summed E-state index contributed by atoms with van der Waals surface area (Å²) in [6.07, 6.45) is 4.85. The molecular formula is C10H15N3O. The third kappa shape index (κ3) is 1.54. The van der Waals surface area contributed by atoms with Gasteiger partial charge in [-0.1, -0.05) is 0 Å². The first-order chi connectivity index (χ1) is 6.93. The van der Waals surface area contributed by atoms with Crippen LogP contribution in [0.4, 0.5) is 0 Å². The van der Waals surface area contributed by atoms with Gasteiger partial charge in [-0.2, -0.15) is 0 Å². The molecule has 76 valence electrons. The van der Waals surface area contributed by atoms with Crippen LogP contribution in [0.1, 0.15) is 49.3 Å². The molecule has 0 spiro atoms. The summed E-state index contributed by atoms with van der Waals surface area (Å²) in [4.78, 5) is 0. The van der Waals surface area contributed by atoms with E-state index < -0.39 is 0 Å². The molecule has 1 N–H and O–H groups in total. The highest BCUT2D eigenvalue weighted by Gasteiger charge is 2.30. The van der Waals surface area contributed by atoms with E-state index in [0.717, 1.165) is 24.9 Å². The van der Waals surface area contributed by atoms with E-state index in [2.05, 4.69) is 15.5 Å². The molecule has 1 saturated carbocycles. The van der Waals surface area contributed by atoms with Gasteiger partial charge in [-0.05, 0) is 32.2 Å². The van der Waals surface area contributed by atoms with E-state index in [1.807, 2.05) is 0 Å². The van der Waals surface area contributed by atoms with Crippen molar-refractivity contribution in [1.29, 1.82) is 0 Å². The number of aromatic nitrogens is 2. The highest BCUT2D eigenvalue weighted by molar-refractivity contribution is 5.02. The lowest BCUT2D eigenvalue weighted by Crippen LogP contribution is -2.28. The molecule has 0 bridgehead atoms. The zero-order valence-corrected chi connectivity index (χ0v) is 8.20. The number of hydrogen-bond acceptors (Lipinski definition) is 4. The molecule has 4 heteroatoms. The minimum atomic E-state index is 0.448. The Balaban J connectivity index is 1.74. The molecule has 14 heavy (non-hydrogen) atoms. The molecule has 1 aliphatic carbocycles. The molecule has 2 aliphatic rings. The van der Waals surface area contributed by atoms with E-state index in [9.17, 15) is 0 Å². The number of rotatable bonds is 2. The lowest BCUT2D eigenvalue weighted by atomic mass is 10.00. The smallest absolute Gasteiger partial charge is 0.220 e. The zero-order valence-electron chi connectivity index (χ0n) is 8.20. The van der Waals surface area contributed by atoms with Crippen LogP contribution < -0.4 is 5.32 Å². The van der Waals surface area contributed by atoms with Crippen molar-refractivity contribution in [3.63, 3.8) is 0 Å².